The van der Waals surface area contributed by atoms with E-state index in [-0.39, 0.29) is 17.2 Å². The maximum Gasteiger partial charge on any atom is 0.244 e. The number of anilines is 2. The van der Waals surface area contributed by atoms with E-state index in [1.54, 1.807) is 24.3 Å². The van der Waals surface area contributed by atoms with Gasteiger partial charge in [0.15, 0.2) is 5.11 Å². The highest BCUT2D eigenvalue weighted by Gasteiger charge is 2.37. The molecule has 0 N–H and O–H groups in total. The maximum atomic E-state index is 13.4. The fraction of sp³-hybridized carbons (Fsp3) is 0.0667. The van der Waals surface area contributed by atoms with Crippen molar-refractivity contribution >= 4 is 40.6 Å². The number of amides is 2. The molecule has 0 bridgehead atoms. The Hall–Kier alpha value is -2.67. The van der Waals surface area contributed by atoms with Crippen molar-refractivity contribution in [3.8, 4) is 0 Å². The van der Waals surface area contributed by atoms with E-state index in [0.717, 1.165) is 4.90 Å². The summed E-state index contributed by atoms with van der Waals surface area (Å²) in [6.45, 7) is 0. The van der Waals surface area contributed by atoms with E-state index < -0.39 is 17.6 Å². The molecule has 1 aromatic carbocycles. The minimum atomic E-state index is -0.493. The Morgan fingerprint density at radius 3 is 2.50 bits per heavy atom. The van der Waals surface area contributed by atoms with Crippen LogP contribution in [0.3, 0.4) is 0 Å². The summed E-state index contributed by atoms with van der Waals surface area (Å²) in [7, 11) is 0. The van der Waals surface area contributed by atoms with E-state index >= 15 is 0 Å². The molecule has 1 saturated heterocycles. The molecule has 7 heteroatoms. The van der Waals surface area contributed by atoms with Gasteiger partial charge in [0.05, 0.1) is 5.69 Å². The van der Waals surface area contributed by atoms with Crippen LogP contribution < -0.4 is 9.80 Å². The lowest BCUT2D eigenvalue weighted by atomic mass is 10.2. The van der Waals surface area contributed by atoms with Crippen LogP contribution in [0.5, 0.6) is 0 Å². The molecule has 110 valence electrons. The predicted octanol–water partition coefficient (Wildman–Crippen LogP) is 2.28. The van der Waals surface area contributed by atoms with Gasteiger partial charge in [0.25, 0.3) is 0 Å². The Morgan fingerprint density at radius 2 is 1.82 bits per heavy atom. The van der Waals surface area contributed by atoms with Crippen LogP contribution in [0.1, 0.15) is 6.42 Å². The lowest BCUT2D eigenvalue weighted by Crippen LogP contribution is -2.55. The van der Waals surface area contributed by atoms with Gasteiger partial charge in [-0.3, -0.25) is 14.5 Å². The molecule has 2 aromatic rings. The summed E-state index contributed by atoms with van der Waals surface area (Å²) in [6.07, 6.45) is 1.17. The first-order valence-electron chi connectivity index (χ1n) is 6.44. The Bertz CT molecular complexity index is 766. The second-order valence-electron chi connectivity index (χ2n) is 4.59. The fourth-order valence-corrected chi connectivity index (χ4v) is 2.58. The second-order valence-corrected chi connectivity index (χ2v) is 4.95. The van der Waals surface area contributed by atoms with Crippen LogP contribution in [0.4, 0.5) is 15.9 Å². The summed E-state index contributed by atoms with van der Waals surface area (Å²) in [5.41, 5.74) is 0.281. The van der Waals surface area contributed by atoms with Gasteiger partial charge in [-0.15, -0.1) is 0 Å². The number of thiocarbonyl (C=S) groups is 1. The van der Waals surface area contributed by atoms with Crippen LogP contribution in [0.15, 0.2) is 48.7 Å². The molecule has 1 aliphatic heterocycles. The van der Waals surface area contributed by atoms with Crippen molar-refractivity contribution in [1.82, 2.24) is 4.98 Å². The smallest absolute Gasteiger partial charge is 0.244 e. The molecule has 1 aromatic heterocycles. The van der Waals surface area contributed by atoms with Crippen LogP contribution in [-0.2, 0) is 9.59 Å². The topological polar surface area (TPSA) is 53.5 Å². The zero-order valence-corrected chi connectivity index (χ0v) is 12.1. The van der Waals surface area contributed by atoms with E-state index in [0.29, 0.717) is 5.82 Å². The van der Waals surface area contributed by atoms with Gasteiger partial charge in [0.1, 0.15) is 18.1 Å². The van der Waals surface area contributed by atoms with Gasteiger partial charge < -0.3 is 0 Å². The second kappa shape index (κ2) is 5.61. The summed E-state index contributed by atoms with van der Waals surface area (Å²) in [5.74, 6) is -1.12. The highest BCUT2D eigenvalue weighted by atomic mass is 32.1. The molecule has 0 spiro atoms. The van der Waals surface area contributed by atoms with Crippen LogP contribution in [-0.4, -0.2) is 21.9 Å². The third-order valence-electron chi connectivity index (χ3n) is 3.13. The highest BCUT2D eigenvalue weighted by molar-refractivity contribution is 7.81. The van der Waals surface area contributed by atoms with Crippen molar-refractivity contribution in [2.24, 2.45) is 0 Å². The largest absolute Gasteiger partial charge is 0.273 e. The van der Waals surface area contributed by atoms with Crippen LogP contribution in [0, 0.1) is 5.82 Å². The number of benzene rings is 1. The van der Waals surface area contributed by atoms with Crippen molar-refractivity contribution in [3.63, 3.8) is 0 Å². The Kier molecular flexibility index (Phi) is 3.64. The molecule has 2 heterocycles. The third-order valence-corrected chi connectivity index (χ3v) is 3.49. The first-order valence-corrected chi connectivity index (χ1v) is 6.85. The van der Waals surface area contributed by atoms with Gasteiger partial charge in [-0.1, -0.05) is 12.1 Å². The number of halogens is 1. The van der Waals surface area contributed by atoms with E-state index in [1.165, 1.54) is 29.3 Å². The molecule has 3 rings (SSSR count). The number of pyridine rings is 1. The number of carbonyl (C=O) groups is 2. The number of nitrogens with zero attached hydrogens (tertiary/aromatic N) is 3. The van der Waals surface area contributed by atoms with Gasteiger partial charge in [-0.25, -0.2) is 14.3 Å². The van der Waals surface area contributed by atoms with Gasteiger partial charge in [-0.05, 0) is 42.5 Å². The molecule has 0 saturated carbocycles. The Balaban J connectivity index is 2.03. The molecule has 0 aliphatic carbocycles. The zero-order chi connectivity index (χ0) is 15.7. The lowest BCUT2D eigenvalue weighted by molar-refractivity contribution is -0.126. The van der Waals surface area contributed by atoms with Crippen molar-refractivity contribution in [2.75, 3.05) is 9.80 Å². The number of carbonyl (C=O) groups excluding carboxylic acids is 2. The standard InChI is InChI=1S/C15H10FN3O2S/c16-10-4-3-5-11(8-10)18-13(20)9-14(21)19(15(18)22)12-6-1-2-7-17-12/h1-8H,9H2. The molecule has 22 heavy (non-hydrogen) atoms. The summed E-state index contributed by atoms with van der Waals surface area (Å²) < 4.78 is 13.4. The number of hydrogen-bond donors (Lipinski definition) is 0. The summed E-state index contributed by atoms with van der Waals surface area (Å²) >= 11 is 5.26. The minimum absolute atomic E-state index is 0.0365. The molecular formula is C15H10FN3O2S. The first-order chi connectivity index (χ1) is 10.6. The summed E-state index contributed by atoms with van der Waals surface area (Å²) in [4.78, 5) is 30.7. The quantitative estimate of drug-likeness (QED) is 0.630. The van der Waals surface area contributed by atoms with Crippen LogP contribution >= 0.6 is 12.2 Å². The van der Waals surface area contributed by atoms with Crippen LogP contribution in [0.2, 0.25) is 0 Å². The summed E-state index contributed by atoms with van der Waals surface area (Å²) in [6, 6.07) is 10.5. The monoisotopic (exact) mass is 315 g/mol. The maximum absolute atomic E-state index is 13.4. The predicted molar refractivity (Wildman–Crippen MR) is 82.8 cm³/mol. The van der Waals surface area contributed by atoms with Gasteiger partial charge in [0.2, 0.25) is 11.8 Å². The average Bonchev–Trinajstić information content (AvgIpc) is 2.48. The van der Waals surface area contributed by atoms with Gasteiger partial charge >= 0.3 is 0 Å². The average molecular weight is 315 g/mol. The van der Waals surface area contributed by atoms with E-state index in [1.807, 2.05) is 0 Å². The third kappa shape index (κ3) is 2.46. The van der Waals surface area contributed by atoms with E-state index in [2.05, 4.69) is 4.98 Å². The molecule has 1 fully saturated rings. The van der Waals surface area contributed by atoms with E-state index in [9.17, 15) is 14.0 Å². The van der Waals surface area contributed by atoms with Gasteiger partial charge in [-0.2, -0.15) is 0 Å². The molecule has 0 radical (unpaired) electrons. The molecule has 2 amide bonds. The SMILES string of the molecule is O=C1CC(=O)N(c2ccccn2)C(=S)N1c1cccc(F)c1. The highest BCUT2D eigenvalue weighted by Crippen LogP contribution is 2.25. The van der Waals surface area contributed by atoms with Crippen molar-refractivity contribution < 1.29 is 14.0 Å². The zero-order valence-electron chi connectivity index (χ0n) is 11.3. The van der Waals surface area contributed by atoms with Crippen molar-refractivity contribution in [2.45, 2.75) is 6.42 Å². The molecule has 1 aliphatic rings. The van der Waals surface area contributed by atoms with E-state index in [4.69, 9.17) is 12.2 Å². The molecular weight excluding hydrogens is 305 g/mol. The first kappa shape index (κ1) is 14.3. The molecule has 0 atom stereocenters. The Labute approximate surface area is 131 Å². The summed E-state index contributed by atoms with van der Waals surface area (Å²) in [5, 5.41) is -0.0365. The molecule has 5 nitrogen and oxygen atoms in total. The lowest BCUT2D eigenvalue weighted by Gasteiger charge is -2.34. The Morgan fingerprint density at radius 1 is 1.05 bits per heavy atom. The van der Waals surface area contributed by atoms with Crippen LogP contribution in [0.25, 0.3) is 0 Å². The fourth-order valence-electron chi connectivity index (χ4n) is 2.18. The number of hydrogen-bond acceptors (Lipinski definition) is 4. The number of aromatic nitrogens is 1. The molecule has 0 unspecified atom stereocenters. The minimum Gasteiger partial charge on any atom is -0.273 e. The normalized spacial score (nSPS) is 15.4. The van der Waals surface area contributed by atoms with Gasteiger partial charge in [0, 0.05) is 6.20 Å². The van der Waals surface area contributed by atoms with Crippen molar-refractivity contribution in [1.29, 1.82) is 0 Å². The number of rotatable bonds is 2. The van der Waals surface area contributed by atoms with Crippen molar-refractivity contribution in [3.05, 3.63) is 54.5 Å².